The van der Waals surface area contributed by atoms with Gasteiger partial charge in [0.05, 0.1) is 18.2 Å². The number of hydrogen-bond acceptors (Lipinski definition) is 3. The van der Waals surface area contributed by atoms with Crippen molar-refractivity contribution < 1.29 is 4.74 Å². The van der Waals surface area contributed by atoms with Gasteiger partial charge in [-0.3, -0.25) is 0 Å². The Hall–Kier alpha value is -2.88. The third-order valence-electron chi connectivity index (χ3n) is 3.64. The van der Waals surface area contributed by atoms with Gasteiger partial charge in [-0.05, 0) is 18.2 Å². The van der Waals surface area contributed by atoms with Crippen molar-refractivity contribution in [2.45, 2.75) is 0 Å². The predicted molar refractivity (Wildman–Crippen MR) is 83.4 cm³/mol. The first-order chi connectivity index (χ1) is 10.4. The van der Waals surface area contributed by atoms with Crippen LogP contribution in [0.3, 0.4) is 0 Å². The van der Waals surface area contributed by atoms with E-state index in [1.807, 2.05) is 36.4 Å². The summed E-state index contributed by atoms with van der Waals surface area (Å²) in [5.74, 6) is 0.825. The third-order valence-corrected chi connectivity index (χ3v) is 3.64. The molecule has 0 aliphatic heterocycles. The van der Waals surface area contributed by atoms with Crippen LogP contribution in [0.5, 0.6) is 5.75 Å². The van der Waals surface area contributed by atoms with Crippen molar-refractivity contribution in [2.24, 2.45) is 0 Å². The van der Waals surface area contributed by atoms with Crippen LogP contribution in [-0.2, 0) is 0 Å². The topological polar surface area (TPSA) is 50.8 Å². The molecule has 1 N–H and O–H groups in total. The highest BCUT2D eigenvalue weighted by Gasteiger charge is 2.13. The van der Waals surface area contributed by atoms with Gasteiger partial charge in [-0.1, -0.05) is 30.3 Å². The minimum atomic E-state index is 0.825. The Bertz CT molecular complexity index is 929. The fraction of sp³-hybridized carbons (Fsp3) is 0.0588. The van der Waals surface area contributed by atoms with Crippen LogP contribution in [-0.4, -0.2) is 22.1 Å². The molecule has 0 saturated carbocycles. The second kappa shape index (κ2) is 4.59. The van der Waals surface area contributed by atoms with Crippen LogP contribution in [0.1, 0.15) is 0 Å². The first-order valence-corrected chi connectivity index (χ1v) is 6.72. The van der Waals surface area contributed by atoms with Crippen LogP contribution in [0.4, 0.5) is 0 Å². The summed E-state index contributed by atoms with van der Waals surface area (Å²) in [6, 6.07) is 16.1. The Morgan fingerprint density at radius 1 is 1.00 bits per heavy atom. The Morgan fingerprint density at radius 2 is 1.86 bits per heavy atom. The van der Waals surface area contributed by atoms with Crippen LogP contribution >= 0.6 is 0 Å². The first-order valence-electron chi connectivity index (χ1n) is 6.72. The number of hydrogen-bond donors (Lipinski definition) is 1. The summed E-state index contributed by atoms with van der Waals surface area (Å²) in [5.41, 5.74) is 3.88. The van der Waals surface area contributed by atoms with Crippen LogP contribution < -0.4 is 4.74 Å². The number of nitrogens with zero attached hydrogens (tertiary/aromatic N) is 2. The SMILES string of the molecule is COc1ccc2[nH]c3ncnc(-c4ccccc4)c3c2c1. The zero-order valence-corrected chi connectivity index (χ0v) is 11.5. The molecule has 2 aromatic carbocycles. The second-order valence-corrected chi connectivity index (χ2v) is 4.85. The summed E-state index contributed by atoms with van der Waals surface area (Å²) in [6.45, 7) is 0. The molecule has 4 rings (SSSR count). The number of ether oxygens (including phenoxy) is 1. The second-order valence-electron chi connectivity index (χ2n) is 4.85. The molecule has 0 fully saturated rings. The predicted octanol–water partition coefficient (Wildman–Crippen LogP) is 3.79. The minimum absolute atomic E-state index is 0.825. The third kappa shape index (κ3) is 1.84. The smallest absolute Gasteiger partial charge is 0.142 e. The van der Waals surface area contributed by atoms with Gasteiger partial charge in [0.15, 0.2) is 0 Å². The number of aromatic nitrogens is 3. The van der Waals surface area contributed by atoms with Gasteiger partial charge in [-0.2, -0.15) is 0 Å². The molecule has 21 heavy (non-hydrogen) atoms. The maximum absolute atomic E-state index is 5.33. The zero-order valence-electron chi connectivity index (χ0n) is 11.5. The molecule has 0 aliphatic rings. The summed E-state index contributed by atoms with van der Waals surface area (Å²) in [7, 11) is 1.67. The van der Waals surface area contributed by atoms with Crippen molar-refractivity contribution in [3.63, 3.8) is 0 Å². The molecule has 4 heteroatoms. The van der Waals surface area contributed by atoms with E-state index >= 15 is 0 Å². The zero-order chi connectivity index (χ0) is 14.2. The molecule has 4 nitrogen and oxygen atoms in total. The fourth-order valence-electron chi connectivity index (χ4n) is 2.64. The summed E-state index contributed by atoms with van der Waals surface area (Å²) in [6.07, 6.45) is 1.59. The maximum atomic E-state index is 5.33. The van der Waals surface area contributed by atoms with Crippen molar-refractivity contribution in [1.82, 2.24) is 15.0 Å². The monoisotopic (exact) mass is 275 g/mol. The van der Waals surface area contributed by atoms with Gasteiger partial charge >= 0.3 is 0 Å². The summed E-state index contributed by atoms with van der Waals surface area (Å²) in [4.78, 5) is 12.2. The Labute approximate surface area is 121 Å². The van der Waals surface area contributed by atoms with Gasteiger partial charge < -0.3 is 9.72 Å². The number of benzene rings is 2. The van der Waals surface area contributed by atoms with Crippen molar-refractivity contribution in [3.8, 4) is 17.0 Å². The number of nitrogens with one attached hydrogen (secondary N) is 1. The average molecular weight is 275 g/mol. The van der Waals surface area contributed by atoms with E-state index in [-0.39, 0.29) is 0 Å². The number of aromatic amines is 1. The standard InChI is InChI=1S/C17H13N3O/c1-21-12-7-8-14-13(9-12)15-16(11-5-3-2-4-6-11)18-10-19-17(15)20-14/h2-10H,1H3,(H,18,19,20). The van der Waals surface area contributed by atoms with Gasteiger partial charge in [0.25, 0.3) is 0 Å². The Morgan fingerprint density at radius 3 is 2.67 bits per heavy atom. The highest BCUT2D eigenvalue weighted by Crippen LogP contribution is 2.33. The van der Waals surface area contributed by atoms with Crippen LogP contribution in [0.15, 0.2) is 54.9 Å². The van der Waals surface area contributed by atoms with Crippen molar-refractivity contribution in [1.29, 1.82) is 0 Å². The number of H-pyrrole nitrogens is 1. The summed E-state index contributed by atoms with van der Waals surface area (Å²) < 4.78 is 5.33. The molecule has 0 atom stereocenters. The molecule has 4 aromatic rings. The molecule has 0 spiro atoms. The van der Waals surface area contributed by atoms with E-state index in [0.717, 1.165) is 38.9 Å². The first kappa shape index (κ1) is 11.9. The lowest BCUT2D eigenvalue weighted by Gasteiger charge is -2.03. The highest BCUT2D eigenvalue weighted by atomic mass is 16.5. The quantitative estimate of drug-likeness (QED) is 0.605. The highest BCUT2D eigenvalue weighted by molar-refractivity contribution is 6.12. The van der Waals surface area contributed by atoms with E-state index in [1.165, 1.54) is 0 Å². The summed E-state index contributed by atoms with van der Waals surface area (Å²) >= 11 is 0. The molecule has 0 aliphatic carbocycles. The number of methoxy groups -OCH3 is 1. The van der Waals surface area contributed by atoms with Crippen LogP contribution in [0.2, 0.25) is 0 Å². The molecule has 102 valence electrons. The molecular weight excluding hydrogens is 262 g/mol. The van der Waals surface area contributed by atoms with E-state index in [1.54, 1.807) is 13.4 Å². The van der Waals surface area contributed by atoms with Gasteiger partial charge in [0, 0.05) is 16.5 Å². The molecular formula is C17H13N3O. The lowest BCUT2D eigenvalue weighted by Crippen LogP contribution is -1.87. The molecule has 0 bridgehead atoms. The lowest BCUT2D eigenvalue weighted by molar-refractivity contribution is 0.415. The molecule has 0 radical (unpaired) electrons. The Kier molecular flexibility index (Phi) is 2.60. The number of rotatable bonds is 2. The van der Waals surface area contributed by atoms with E-state index in [2.05, 4.69) is 27.1 Å². The minimum Gasteiger partial charge on any atom is -0.497 e. The lowest BCUT2D eigenvalue weighted by atomic mass is 10.1. The fourth-order valence-corrected chi connectivity index (χ4v) is 2.64. The average Bonchev–Trinajstić information content (AvgIpc) is 2.93. The number of fused-ring (bicyclic) bond motifs is 3. The molecule has 0 saturated heterocycles. The van der Waals surface area contributed by atoms with E-state index < -0.39 is 0 Å². The van der Waals surface area contributed by atoms with Crippen molar-refractivity contribution in [3.05, 3.63) is 54.9 Å². The summed E-state index contributed by atoms with van der Waals surface area (Å²) in [5, 5.41) is 2.10. The molecule has 0 amide bonds. The normalized spacial score (nSPS) is 11.1. The van der Waals surface area contributed by atoms with Crippen molar-refractivity contribution in [2.75, 3.05) is 7.11 Å². The molecule has 2 heterocycles. The van der Waals surface area contributed by atoms with E-state index in [9.17, 15) is 0 Å². The van der Waals surface area contributed by atoms with Crippen LogP contribution in [0.25, 0.3) is 33.2 Å². The van der Waals surface area contributed by atoms with Gasteiger partial charge in [-0.25, -0.2) is 9.97 Å². The van der Waals surface area contributed by atoms with E-state index in [4.69, 9.17) is 4.74 Å². The van der Waals surface area contributed by atoms with Crippen LogP contribution in [0, 0.1) is 0 Å². The molecule has 2 aromatic heterocycles. The maximum Gasteiger partial charge on any atom is 0.142 e. The van der Waals surface area contributed by atoms with Gasteiger partial charge in [-0.15, -0.1) is 0 Å². The van der Waals surface area contributed by atoms with Crippen molar-refractivity contribution >= 4 is 21.9 Å². The van der Waals surface area contributed by atoms with Gasteiger partial charge in [0.2, 0.25) is 0 Å². The van der Waals surface area contributed by atoms with E-state index in [0.29, 0.717) is 0 Å². The van der Waals surface area contributed by atoms with Gasteiger partial charge in [0.1, 0.15) is 17.7 Å². The Balaban J connectivity index is 2.12. The largest absolute Gasteiger partial charge is 0.497 e. The molecule has 0 unspecified atom stereocenters.